The number of ether oxygens (including phenoxy) is 1. The highest BCUT2D eigenvalue weighted by molar-refractivity contribution is 4.77. The third kappa shape index (κ3) is 2.19. The van der Waals surface area contributed by atoms with Gasteiger partial charge in [-0.3, -0.25) is 0 Å². The highest BCUT2D eigenvalue weighted by Crippen LogP contribution is 2.21. The van der Waals surface area contributed by atoms with E-state index in [0.29, 0.717) is 12.8 Å². The molecule has 0 spiro atoms. The van der Waals surface area contributed by atoms with Gasteiger partial charge in [-0.25, -0.2) is 0 Å². The first-order valence-corrected chi connectivity index (χ1v) is 3.37. The van der Waals surface area contributed by atoms with Crippen LogP contribution in [0, 0.1) is 0 Å². The lowest BCUT2D eigenvalue weighted by Crippen LogP contribution is -2.18. The molecule has 0 amide bonds. The van der Waals surface area contributed by atoms with Gasteiger partial charge in [0.2, 0.25) is 0 Å². The summed E-state index contributed by atoms with van der Waals surface area (Å²) in [5.74, 6) is 0. The highest BCUT2D eigenvalue weighted by Gasteiger charge is 2.24. The number of halogens is 2. The van der Waals surface area contributed by atoms with Crippen LogP contribution >= 0.6 is 0 Å². The summed E-state index contributed by atoms with van der Waals surface area (Å²) in [4.78, 5) is 0. The van der Waals surface area contributed by atoms with Crippen LogP contribution in [0.5, 0.6) is 0 Å². The molecule has 1 aliphatic rings. The highest BCUT2D eigenvalue weighted by atomic mass is 19.3. The van der Waals surface area contributed by atoms with Crippen molar-refractivity contribution in [3.8, 4) is 0 Å². The Morgan fingerprint density at radius 1 is 1.40 bits per heavy atom. The predicted molar refractivity (Wildman–Crippen MR) is 32.7 cm³/mol. The quantitative estimate of drug-likeness (QED) is 0.641. The Labute approximate surface area is 58.3 Å². The van der Waals surface area contributed by atoms with Crippen LogP contribution in [0.15, 0.2) is 0 Å². The van der Waals surface area contributed by atoms with E-state index in [2.05, 4.69) is 4.74 Å². The van der Waals surface area contributed by atoms with Crippen molar-refractivity contribution < 1.29 is 13.5 Å². The third-order valence-electron chi connectivity index (χ3n) is 1.72. The molecule has 0 aromatic rings. The van der Waals surface area contributed by atoms with Gasteiger partial charge in [-0.05, 0) is 19.3 Å². The number of nitrogens with two attached hydrogens (primary N) is 1. The second-order valence-electron chi connectivity index (χ2n) is 2.59. The van der Waals surface area contributed by atoms with Crippen molar-refractivity contribution in [2.24, 2.45) is 5.73 Å². The smallest absolute Gasteiger partial charge is 0.328 e. The topological polar surface area (TPSA) is 35.2 Å². The second kappa shape index (κ2) is 3.25. The molecule has 2 atom stereocenters. The van der Waals surface area contributed by atoms with Gasteiger partial charge >= 0.3 is 6.61 Å². The molecule has 0 bridgehead atoms. The fraction of sp³-hybridized carbons (Fsp3) is 1.00. The van der Waals surface area contributed by atoms with Gasteiger partial charge in [-0.2, -0.15) is 8.78 Å². The van der Waals surface area contributed by atoms with Crippen molar-refractivity contribution in [1.82, 2.24) is 0 Å². The van der Waals surface area contributed by atoms with Gasteiger partial charge in [-0.1, -0.05) is 0 Å². The first-order valence-electron chi connectivity index (χ1n) is 3.37. The zero-order chi connectivity index (χ0) is 7.56. The molecule has 10 heavy (non-hydrogen) atoms. The minimum Gasteiger partial charge on any atom is -0.328 e. The van der Waals surface area contributed by atoms with E-state index in [0.717, 1.165) is 6.42 Å². The van der Waals surface area contributed by atoms with E-state index in [-0.39, 0.29) is 12.1 Å². The molecule has 0 heterocycles. The van der Waals surface area contributed by atoms with Crippen LogP contribution in [0.25, 0.3) is 0 Å². The van der Waals surface area contributed by atoms with Crippen molar-refractivity contribution in [1.29, 1.82) is 0 Å². The Hall–Kier alpha value is -0.220. The van der Waals surface area contributed by atoms with E-state index in [4.69, 9.17) is 5.73 Å². The first kappa shape index (κ1) is 7.88. The summed E-state index contributed by atoms with van der Waals surface area (Å²) in [6, 6.07) is 0.0590. The Balaban J connectivity index is 2.18. The normalized spacial score (nSPS) is 33.6. The summed E-state index contributed by atoms with van der Waals surface area (Å²) >= 11 is 0. The van der Waals surface area contributed by atoms with Crippen molar-refractivity contribution >= 4 is 0 Å². The molecule has 1 fully saturated rings. The molecule has 2 N–H and O–H groups in total. The summed E-state index contributed by atoms with van der Waals surface area (Å²) in [7, 11) is 0. The van der Waals surface area contributed by atoms with Gasteiger partial charge < -0.3 is 10.5 Å². The summed E-state index contributed by atoms with van der Waals surface area (Å²) in [6.45, 7) is -2.64. The molecule has 0 aliphatic heterocycles. The van der Waals surface area contributed by atoms with Crippen LogP contribution in [0.3, 0.4) is 0 Å². The van der Waals surface area contributed by atoms with Gasteiger partial charge in [0, 0.05) is 6.04 Å². The average molecular weight is 151 g/mol. The van der Waals surface area contributed by atoms with Crippen molar-refractivity contribution in [2.45, 2.75) is 38.0 Å². The Morgan fingerprint density at radius 2 is 2.10 bits per heavy atom. The van der Waals surface area contributed by atoms with E-state index in [9.17, 15) is 8.78 Å². The maximum Gasteiger partial charge on any atom is 0.345 e. The molecule has 1 rings (SSSR count). The zero-order valence-electron chi connectivity index (χ0n) is 5.59. The molecular weight excluding hydrogens is 140 g/mol. The number of rotatable bonds is 2. The predicted octanol–water partition coefficient (Wildman–Crippen LogP) is 1.11. The van der Waals surface area contributed by atoms with E-state index in [1.54, 1.807) is 0 Å². The molecule has 2 nitrogen and oxygen atoms in total. The third-order valence-corrected chi connectivity index (χ3v) is 1.72. The van der Waals surface area contributed by atoms with Crippen molar-refractivity contribution in [2.75, 3.05) is 0 Å². The molecule has 4 heteroatoms. The van der Waals surface area contributed by atoms with Gasteiger partial charge in [-0.15, -0.1) is 0 Å². The maximum atomic E-state index is 11.6. The fourth-order valence-corrected chi connectivity index (χ4v) is 1.24. The maximum absolute atomic E-state index is 11.6. The number of alkyl halides is 2. The van der Waals surface area contributed by atoms with Crippen molar-refractivity contribution in [3.63, 3.8) is 0 Å². The second-order valence-corrected chi connectivity index (χ2v) is 2.59. The van der Waals surface area contributed by atoms with Crippen molar-refractivity contribution in [3.05, 3.63) is 0 Å². The fourth-order valence-electron chi connectivity index (χ4n) is 1.24. The standard InChI is InChI=1S/C6H11F2NO/c7-6(8)10-5-2-1-4(9)3-5/h4-6H,1-3,9H2/t4-,5-/m0/s1. The van der Waals surface area contributed by atoms with E-state index in [1.165, 1.54) is 0 Å². The summed E-state index contributed by atoms with van der Waals surface area (Å²) in [5, 5.41) is 0. The molecule has 0 radical (unpaired) electrons. The Bertz CT molecular complexity index is 110. The number of hydrogen-bond acceptors (Lipinski definition) is 2. The molecule has 0 aromatic carbocycles. The van der Waals surface area contributed by atoms with E-state index in [1.807, 2.05) is 0 Å². The minimum absolute atomic E-state index is 0.0590. The molecule has 1 saturated carbocycles. The van der Waals surface area contributed by atoms with Crippen LogP contribution in [-0.4, -0.2) is 18.8 Å². The first-order chi connectivity index (χ1) is 4.68. The minimum atomic E-state index is -2.64. The van der Waals surface area contributed by atoms with Crippen LogP contribution < -0.4 is 5.73 Å². The van der Waals surface area contributed by atoms with E-state index < -0.39 is 6.61 Å². The van der Waals surface area contributed by atoms with Crippen LogP contribution in [0.2, 0.25) is 0 Å². The van der Waals surface area contributed by atoms with Crippen LogP contribution in [-0.2, 0) is 4.74 Å². The lowest BCUT2D eigenvalue weighted by atomic mass is 10.3. The largest absolute Gasteiger partial charge is 0.345 e. The monoisotopic (exact) mass is 151 g/mol. The van der Waals surface area contributed by atoms with E-state index >= 15 is 0 Å². The van der Waals surface area contributed by atoms with Gasteiger partial charge in [0.25, 0.3) is 0 Å². The Kier molecular flexibility index (Phi) is 2.56. The van der Waals surface area contributed by atoms with Gasteiger partial charge in [0.15, 0.2) is 0 Å². The summed E-state index contributed by atoms with van der Waals surface area (Å²) < 4.78 is 27.4. The molecule has 0 aromatic heterocycles. The molecule has 1 aliphatic carbocycles. The SMILES string of the molecule is N[C@H]1CC[C@H](OC(F)F)C1. The molecular formula is C6H11F2NO. The molecule has 0 unspecified atom stereocenters. The lowest BCUT2D eigenvalue weighted by Gasteiger charge is -2.08. The zero-order valence-corrected chi connectivity index (χ0v) is 5.59. The average Bonchev–Trinajstić information content (AvgIpc) is 2.13. The lowest BCUT2D eigenvalue weighted by molar-refractivity contribution is -0.160. The van der Waals surface area contributed by atoms with Crippen LogP contribution in [0.1, 0.15) is 19.3 Å². The number of hydrogen-bond donors (Lipinski definition) is 1. The summed E-state index contributed by atoms with van der Waals surface area (Å²) in [5.41, 5.74) is 5.48. The Morgan fingerprint density at radius 3 is 2.50 bits per heavy atom. The molecule has 0 saturated heterocycles. The van der Waals surface area contributed by atoms with Crippen LogP contribution in [0.4, 0.5) is 8.78 Å². The molecule has 60 valence electrons. The van der Waals surface area contributed by atoms with Gasteiger partial charge in [0.05, 0.1) is 6.10 Å². The summed E-state index contributed by atoms with van der Waals surface area (Å²) in [6.07, 6.45) is 1.74. The van der Waals surface area contributed by atoms with Gasteiger partial charge in [0.1, 0.15) is 0 Å².